The summed E-state index contributed by atoms with van der Waals surface area (Å²) in [7, 11) is 0. The molecular weight excluding hydrogens is 254 g/mol. The molecule has 1 aromatic rings. The molecule has 0 spiro atoms. The van der Waals surface area contributed by atoms with Crippen molar-refractivity contribution in [3.63, 3.8) is 0 Å². The Morgan fingerprint density at radius 2 is 1.85 bits per heavy atom. The topological polar surface area (TPSA) is 46.6 Å². The second-order valence-electron chi connectivity index (χ2n) is 5.69. The molecule has 20 heavy (non-hydrogen) atoms. The standard InChI is InChI=1S/C16H19NO3/c18-15(11-12-4-2-1-3-5-12)20-16(19)14-10-13-6-8-17(14)9-7-13/h1-5,13-14H,6-11H2. The fourth-order valence-corrected chi connectivity index (χ4v) is 3.19. The van der Waals surface area contributed by atoms with Gasteiger partial charge in [0.05, 0.1) is 6.42 Å². The summed E-state index contributed by atoms with van der Waals surface area (Å²) in [4.78, 5) is 26.1. The van der Waals surface area contributed by atoms with Crippen LogP contribution >= 0.6 is 0 Å². The van der Waals surface area contributed by atoms with E-state index in [1.807, 2.05) is 30.3 Å². The van der Waals surface area contributed by atoms with E-state index in [0.717, 1.165) is 25.1 Å². The molecular formula is C16H19NO3. The monoisotopic (exact) mass is 273 g/mol. The van der Waals surface area contributed by atoms with Gasteiger partial charge < -0.3 is 4.74 Å². The lowest BCUT2D eigenvalue weighted by atomic mass is 9.83. The van der Waals surface area contributed by atoms with Gasteiger partial charge in [0.1, 0.15) is 6.04 Å². The molecule has 1 atom stereocenters. The van der Waals surface area contributed by atoms with Crippen molar-refractivity contribution in [2.24, 2.45) is 5.92 Å². The van der Waals surface area contributed by atoms with E-state index in [1.165, 1.54) is 12.8 Å². The fraction of sp³-hybridized carbons (Fsp3) is 0.500. The summed E-state index contributed by atoms with van der Waals surface area (Å²) in [6, 6.07) is 9.15. The smallest absolute Gasteiger partial charge is 0.331 e. The van der Waals surface area contributed by atoms with Gasteiger partial charge in [-0.1, -0.05) is 30.3 Å². The number of benzene rings is 1. The summed E-state index contributed by atoms with van der Waals surface area (Å²) < 4.78 is 5.03. The molecule has 3 heterocycles. The zero-order chi connectivity index (χ0) is 13.9. The Balaban J connectivity index is 1.55. The van der Waals surface area contributed by atoms with Crippen LogP contribution in [0.5, 0.6) is 0 Å². The Hall–Kier alpha value is -1.68. The molecule has 3 saturated heterocycles. The van der Waals surface area contributed by atoms with E-state index in [9.17, 15) is 9.59 Å². The van der Waals surface area contributed by atoms with Gasteiger partial charge >= 0.3 is 11.9 Å². The average Bonchev–Trinajstić information content (AvgIpc) is 2.49. The molecule has 4 rings (SSSR count). The van der Waals surface area contributed by atoms with Crippen molar-refractivity contribution in [2.45, 2.75) is 31.7 Å². The Bertz CT molecular complexity index is 492. The third kappa shape index (κ3) is 2.90. The number of esters is 2. The molecule has 3 fully saturated rings. The van der Waals surface area contributed by atoms with Crippen LogP contribution in [0.4, 0.5) is 0 Å². The van der Waals surface area contributed by atoms with E-state index < -0.39 is 5.97 Å². The highest BCUT2D eigenvalue weighted by atomic mass is 16.6. The lowest BCUT2D eigenvalue weighted by molar-refractivity contribution is -0.165. The van der Waals surface area contributed by atoms with Gasteiger partial charge in [0, 0.05) is 0 Å². The number of carbonyl (C=O) groups excluding carboxylic acids is 2. The zero-order valence-electron chi connectivity index (χ0n) is 11.5. The van der Waals surface area contributed by atoms with E-state index in [1.54, 1.807) is 0 Å². The number of rotatable bonds is 3. The van der Waals surface area contributed by atoms with Crippen LogP contribution < -0.4 is 0 Å². The highest BCUT2D eigenvalue weighted by Gasteiger charge is 2.39. The predicted molar refractivity (Wildman–Crippen MR) is 73.9 cm³/mol. The lowest BCUT2D eigenvalue weighted by Gasteiger charge is -2.43. The molecule has 0 aliphatic carbocycles. The SMILES string of the molecule is O=C(Cc1ccccc1)OC(=O)C1CC2CCN1CC2. The fourth-order valence-electron chi connectivity index (χ4n) is 3.19. The molecule has 1 unspecified atom stereocenters. The largest absolute Gasteiger partial charge is 0.392 e. The van der Waals surface area contributed by atoms with E-state index in [2.05, 4.69) is 4.90 Å². The minimum absolute atomic E-state index is 0.155. The maximum Gasteiger partial charge on any atom is 0.331 e. The third-order valence-corrected chi connectivity index (χ3v) is 4.32. The van der Waals surface area contributed by atoms with Crippen LogP contribution in [0.25, 0.3) is 0 Å². The van der Waals surface area contributed by atoms with Crippen LogP contribution in [-0.4, -0.2) is 36.0 Å². The van der Waals surface area contributed by atoms with E-state index >= 15 is 0 Å². The van der Waals surface area contributed by atoms with Crippen LogP contribution in [0.15, 0.2) is 30.3 Å². The summed E-state index contributed by atoms with van der Waals surface area (Å²) >= 11 is 0. The molecule has 0 saturated carbocycles. The Morgan fingerprint density at radius 1 is 1.15 bits per heavy atom. The minimum Gasteiger partial charge on any atom is -0.392 e. The van der Waals surface area contributed by atoms with Crippen molar-refractivity contribution in [3.05, 3.63) is 35.9 Å². The first-order valence-corrected chi connectivity index (χ1v) is 7.25. The van der Waals surface area contributed by atoms with Crippen molar-refractivity contribution in [1.82, 2.24) is 4.90 Å². The Morgan fingerprint density at radius 3 is 2.45 bits per heavy atom. The van der Waals surface area contributed by atoms with Crippen molar-refractivity contribution < 1.29 is 14.3 Å². The number of fused-ring (bicyclic) bond motifs is 3. The lowest BCUT2D eigenvalue weighted by Crippen LogP contribution is -2.53. The van der Waals surface area contributed by atoms with Gasteiger partial charge in [-0.05, 0) is 43.8 Å². The molecule has 4 heteroatoms. The summed E-state index contributed by atoms with van der Waals surface area (Å²) in [6.45, 7) is 1.91. The first kappa shape index (κ1) is 13.3. The summed E-state index contributed by atoms with van der Waals surface area (Å²) in [5.74, 6) is -0.194. The minimum atomic E-state index is -0.455. The van der Waals surface area contributed by atoms with Gasteiger partial charge in [0.15, 0.2) is 0 Å². The van der Waals surface area contributed by atoms with E-state index in [-0.39, 0.29) is 18.4 Å². The number of ether oxygens (including phenoxy) is 1. The second kappa shape index (κ2) is 5.75. The highest BCUT2D eigenvalue weighted by Crippen LogP contribution is 2.32. The molecule has 106 valence electrons. The van der Waals surface area contributed by atoms with Gasteiger partial charge in [-0.2, -0.15) is 0 Å². The quantitative estimate of drug-likeness (QED) is 0.622. The predicted octanol–water partition coefficient (Wildman–Crippen LogP) is 1.78. The van der Waals surface area contributed by atoms with Crippen LogP contribution in [0.3, 0.4) is 0 Å². The van der Waals surface area contributed by atoms with Gasteiger partial charge in [-0.25, -0.2) is 4.79 Å². The zero-order valence-corrected chi connectivity index (χ0v) is 11.5. The van der Waals surface area contributed by atoms with E-state index in [4.69, 9.17) is 4.74 Å². The first-order valence-electron chi connectivity index (χ1n) is 7.25. The number of hydrogen-bond donors (Lipinski definition) is 0. The maximum atomic E-state index is 12.1. The summed E-state index contributed by atoms with van der Waals surface area (Å²) in [5, 5.41) is 0. The number of carbonyl (C=O) groups is 2. The summed E-state index contributed by atoms with van der Waals surface area (Å²) in [5.41, 5.74) is 0.871. The molecule has 4 nitrogen and oxygen atoms in total. The number of hydrogen-bond acceptors (Lipinski definition) is 4. The molecule has 0 amide bonds. The van der Waals surface area contributed by atoms with E-state index in [0.29, 0.717) is 5.92 Å². The van der Waals surface area contributed by atoms with Gasteiger partial charge in [-0.3, -0.25) is 9.69 Å². The van der Waals surface area contributed by atoms with Crippen LogP contribution in [-0.2, 0) is 20.7 Å². The maximum absolute atomic E-state index is 12.1. The van der Waals surface area contributed by atoms with Gasteiger partial charge in [-0.15, -0.1) is 0 Å². The molecule has 3 aliphatic heterocycles. The van der Waals surface area contributed by atoms with Crippen molar-refractivity contribution in [3.8, 4) is 0 Å². The van der Waals surface area contributed by atoms with Crippen LogP contribution in [0.2, 0.25) is 0 Å². The van der Waals surface area contributed by atoms with Crippen molar-refractivity contribution in [1.29, 1.82) is 0 Å². The normalized spacial score (nSPS) is 28.1. The highest BCUT2D eigenvalue weighted by molar-refractivity contribution is 5.89. The molecule has 0 radical (unpaired) electrons. The molecule has 3 aliphatic rings. The van der Waals surface area contributed by atoms with Crippen molar-refractivity contribution in [2.75, 3.05) is 13.1 Å². The Kier molecular flexibility index (Phi) is 3.83. The van der Waals surface area contributed by atoms with Crippen molar-refractivity contribution >= 4 is 11.9 Å². The first-order chi connectivity index (χ1) is 9.72. The van der Waals surface area contributed by atoms with Crippen LogP contribution in [0, 0.1) is 5.92 Å². The second-order valence-corrected chi connectivity index (χ2v) is 5.69. The summed E-state index contributed by atoms with van der Waals surface area (Å²) in [6.07, 6.45) is 3.34. The molecule has 0 N–H and O–H groups in total. The number of nitrogens with zero attached hydrogens (tertiary/aromatic N) is 1. The Labute approximate surface area is 118 Å². The molecule has 0 aromatic heterocycles. The molecule has 1 aromatic carbocycles. The van der Waals surface area contributed by atoms with Gasteiger partial charge in [0.2, 0.25) is 0 Å². The average molecular weight is 273 g/mol. The number of piperidine rings is 3. The third-order valence-electron chi connectivity index (χ3n) is 4.32. The molecule has 2 bridgehead atoms. The van der Waals surface area contributed by atoms with Crippen LogP contribution in [0.1, 0.15) is 24.8 Å². The van der Waals surface area contributed by atoms with Gasteiger partial charge in [0.25, 0.3) is 0 Å².